The second-order valence-corrected chi connectivity index (χ2v) is 0. The Morgan fingerprint density at radius 1 is 0.200 bits per heavy atom. The van der Waals surface area contributed by atoms with E-state index in [1.807, 2.05) is 0 Å². The predicted octanol–water partition coefficient (Wildman–Crippen LogP) is -1.32. The molecule has 15 heavy (non-hydrogen) atoms. The molecule has 0 fully saturated rings. The van der Waals surface area contributed by atoms with Crippen molar-refractivity contribution in [2.24, 2.45) is 0 Å². The molecule has 0 aromatic rings. The van der Waals surface area contributed by atoms with E-state index in [1.165, 1.54) is 0 Å². The van der Waals surface area contributed by atoms with E-state index in [0.717, 1.165) is 0 Å². The topological polar surface area (TPSA) is 314 Å². The largest absolute Gasteiger partial charge is 5.00 e. The van der Waals surface area contributed by atoms with Gasteiger partial charge in [0.05, 0.1) is 0 Å². The third-order valence-corrected chi connectivity index (χ3v) is 0. The smallest absolute Gasteiger partial charge is 2.00 e. The van der Waals surface area contributed by atoms with Crippen LogP contribution in [0.1, 0.15) is 0 Å². The van der Waals surface area contributed by atoms with Crippen molar-refractivity contribution < 1.29 is 147 Å². The van der Waals surface area contributed by atoms with Crippen LogP contribution in [0.15, 0.2) is 0 Å². The van der Waals surface area contributed by atoms with Crippen molar-refractivity contribution in [3.8, 4) is 0 Å². The number of hydrogen-bond acceptors (Lipinski definition) is 0. The van der Waals surface area contributed by atoms with Gasteiger partial charge in [-0.1, -0.05) is 0 Å². The van der Waals surface area contributed by atoms with Crippen LogP contribution in [0.4, 0.5) is 0 Å². The van der Waals surface area contributed by atoms with Gasteiger partial charge in [-0.25, -0.2) is 0 Å². The summed E-state index contributed by atoms with van der Waals surface area (Å²) in [6, 6.07) is 0. The zero-order chi connectivity index (χ0) is 0. The molecule has 0 bridgehead atoms. The molecule has 0 unspecified atom stereocenters. The summed E-state index contributed by atoms with van der Waals surface area (Å²) in [5, 5.41) is 0. The van der Waals surface area contributed by atoms with Gasteiger partial charge in [0.1, 0.15) is 0 Å². The standard InChI is InChI=1S/2Nb.11O.2W/q2*+5;11*-2;;. The molecule has 0 rings (SSSR count). The summed E-state index contributed by atoms with van der Waals surface area (Å²) in [6.07, 6.45) is 0. The molecule has 0 amide bonds. The van der Waals surface area contributed by atoms with Crippen LogP contribution in [0, 0.1) is 0 Å². The molecule has 11 nitrogen and oxygen atoms in total. The molecule has 0 atom stereocenters. The van der Waals surface area contributed by atoms with Crippen LogP contribution < -0.4 is 0 Å². The Balaban J connectivity index is 0. The van der Waals surface area contributed by atoms with Gasteiger partial charge >= 0.3 is 44.8 Å². The zero-order valence-corrected chi connectivity index (χ0v) is 16.5. The van der Waals surface area contributed by atoms with Gasteiger partial charge in [-0.3, -0.25) is 0 Å². The molecule has 0 aliphatic heterocycles. The van der Waals surface area contributed by atoms with Crippen LogP contribution in [0.3, 0.4) is 0 Å². The summed E-state index contributed by atoms with van der Waals surface area (Å²) in [5.74, 6) is 0. The van der Waals surface area contributed by atoms with Crippen molar-refractivity contribution in [1.82, 2.24) is 0 Å². The molecule has 0 heterocycles. The van der Waals surface area contributed by atoms with Crippen molar-refractivity contribution in [3.63, 3.8) is 0 Å². The Bertz CT molecular complexity index is 16.5. The summed E-state index contributed by atoms with van der Waals surface area (Å²) in [5.41, 5.74) is 0. The molecule has 0 aliphatic rings. The van der Waals surface area contributed by atoms with Gasteiger partial charge < -0.3 is 60.2 Å². The zero-order valence-electron chi connectivity index (χ0n) is 6.20. The van der Waals surface area contributed by atoms with Crippen LogP contribution in [-0.2, 0) is 147 Å². The molecule has 0 spiro atoms. The molecule has 0 radical (unpaired) electrons. The van der Waals surface area contributed by atoms with Crippen LogP contribution in [-0.4, -0.2) is 0 Å². The summed E-state index contributed by atoms with van der Waals surface area (Å²) in [7, 11) is 0. The quantitative estimate of drug-likeness (QED) is 0.262. The average molecular weight is 729 g/mol. The first-order valence-corrected chi connectivity index (χ1v) is 0. The molecule has 0 aliphatic carbocycles. The molecule has 0 saturated heterocycles. The SMILES string of the molecule is [Nb+5].[Nb+5].[O-2].[O-2].[O-2].[O-2].[O-2].[O-2].[O-2].[O-2].[O-2].[O-2].[O-2].[W].[W]. The molecule has 0 aromatic heterocycles. The van der Waals surface area contributed by atoms with E-state index in [0.29, 0.717) is 0 Å². The van der Waals surface area contributed by atoms with Gasteiger partial charge in [-0.05, 0) is 0 Å². The predicted molar refractivity (Wildman–Crippen MR) is 7.55 cm³/mol. The Morgan fingerprint density at radius 2 is 0.200 bits per heavy atom. The van der Waals surface area contributed by atoms with E-state index in [9.17, 15) is 0 Å². The molecule has 15 heteroatoms. The van der Waals surface area contributed by atoms with E-state index in [-0.39, 0.29) is 147 Å². The van der Waals surface area contributed by atoms with Crippen molar-refractivity contribution in [2.45, 2.75) is 0 Å². The Kier molecular flexibility index (Phi) is 35800. The van der Waals surface area contributed by atoms with E-state index in [2.05, 4.69) is 0 Å². The summed E-state index contributed by atoms with van der Waals surface area (Å²) in [4.78, 5) is 0. The molecule has 0 N–H and O–H groups in total. The third kappa shape index (κ3) is 584. The first-order chi connectivity index (χ1) is 0. The second kappa shape index (κ2) is 668. The Hall–Kier alpha value is 2.42. The van der Waals surface area contributed by atoms with E-state index in [1.54, 1.807) is 0 Å². The van der Waals surface area contributed by atoms with Crippen LogP contribution in [0.2, 0.25) is 0 Å². The monoisotopic (exact) mass is 730 g/mol. The van der Waals surface area contributed by atoms with Crippen LogP contribution in [0.25, 0.3) is 0 Å². The maximum atomic E-state index is 0. The van der Waals surface area contributed by atoms with Crippen molar-refractivity contribution >= 4 is 0 Å². The molecule has 0 saturated carbocycles. The minimum absolute atomic E-state index is 0. The van der Waals surface area contributed by atoms with Gasteiger partial charge in [0, 0.05) is 42.1 Å². The molecular weight excluding hydrogens is 729 g/mol. The third-order valence-electron chi connectivity index (χ3n) is 0. The fraction of sp³-hybridized carbons (Fsp3) is 0. The summed E-state index contributed by atoms with van der Waals surface area (Å²) < 4.78 is 0. The van der Waals surface area contributed by atoms with Gasteiger partial charge in [0.15, 0.2) is 0 Å². The summed E-state index contributed by atoms with van der Waals surface area (Å²) >= 11 is 0. The molecular formula is Nb2O11W2-12. The van der Waals surface area contributed by atoms with Gasteiger partial charge in [-0.2, -0.15) is 0 Å². The van der Waals surface area contributed by atoms with Crippen LogP contribution >= 0.6 is 0 Å². The maximum Gasteiger partial charge on any atom is 5.00 e. The van der Waals surface area contributed by atoms with E-state index in [4.69, 9.17) is 0 Å². The van der Waals surface area contributed by atoms with Crippen molar-refractivity contribution in [1.29, 1.82) is 0 Å². The van der Waals surface area contributed by atoms with Gasteiger partial charge in [0.25, 0.3) is 0 Å². The van der Waals surface area contributed by atoms with Gasteiger partial charge in [-0.15, -0.1) is 0 Å². The van der Waals surface area contributed by atoms with E-state index >= 15 is 0 Å². The number of rotatable bonds is 0. The summed E-state index contributed by atoms with van der Waals surface area (Å²) in [6.45, 7) is 0. The molecule has 0 aromatic carbocycles. The van der Waals surface area contributed by atoms with Crippen molar-refractivity contribution in [3.05, 3.63) is 0 Å². The van der Waals surface area contributed by atoms with Crippen molar-refractivity contribution in [2.75, 3.05) is 0 Å². The molecule has 100 valence electrons. The fourth-order valence-corrected chi connectivity index (χ4v) is 0. The Morgan fingerprint density at radius 3 is 0.200 bits per heavy atom. The number of hydrogen-bond donors (Lipinski definition) is 0. The first-order valence-electron chi connectivity index (χ1n) is 0. The maximum absolute atomic E-state index is 0. The average Bonchev–Trinajstić information content (AvgIpc) is 0. The van der Waals surface area contributed by atoms with E-state index < -0.39 is 0 Å². The first kappa shape index (κ1) is 803. The minimum atomic E-state index is 0. The van der Waals surface area contributed by atoms with Crippen LogP contribution in [0.5, 0.6) is 0 Å². The minimum Gasteiger partial charge on any atom is -2.00 e. The second-order valence-electron chi connectivity index (χ2n) is 0. The Labute approximate surface area is 146 Å². The normalized spacial score (nSPS) is 0. The fourth-order valence-electron chi connectivity index (χ4n) is 0. The van der Waals surface area contributed by atoms with Gasteiger partial charge in [0.2, 0.25) is 0 Å².